The zero-order valence-electron chi connectivity index (χ0n) is 15.1. The number of anilines is 1. The average Bonchev–Trinajstić information content (AvgIpc) is 2.66. The van der Waals surface area contributed by atoms with E-state index >= 15 is 0 Å². The maximum absolute atomic E-state index is 14.5. The Morgan fingerprint density at radius 1 is 1.33 bits per heavy atom. The number of halogens is 2. The van der Waals surface area contributed by atoms with Crippen molar-refractivity contribution in [3.05, 3.63) is 54.0 Å². The monoisotopic (exact) mass is 376 g/mol. The van der Waals surface area contributed by atoms with Crippen LogP contribution in [0.4, 0.5) is 19.4 Å². The molecule has 1 aliphatic rings. The van der Waals surface area contributed by atoms with Gasteiger partial charge in [-0.3, -0.25) is 0 Å². The number of ether oxygens (including phenoxy) is 1. The molecule has 3 rings (SSSR count). The van der Waals surface area contributed by atoms with Crippen molar-refractivity contribution in [2.45, 2.75) is 25.9 Å². The molecule has 1 aromatic carbocycles. The molecular weight excluding hydrogens is 354 g/mol. The third-order valence-electron chi connectivity index (χ3n) is 4.60. The van der Waals surface area contributed by atoms with Crippen LogP contribution in [0.1, 0.15) is 17.5 Å². The summed E-state index contributed by atoms with van der Waals surface area (Å²) in [6.07, 6.45) is 2.37. The van der Waals surface area contributed by atoms with Gasteiger partial charge >= 0.3 is 6.09 Å². The van der Waals surface area contributed by atoms with Crippen LogP contribution in [-0.2, 0) is 11.3 Å². The molecule has 0 unspecified atom stereocenters. The van der Waals surface area contributed by atoms with Crippen molar-refractivity contribution in [3.63, 3.8) is 0 Å². The molecule has 2 heterocycles. The maximum atomic E-state index is 14.5. The van der Waals surface area contributed by atoms with E-state index in [-0.39, 0.29) is 26.1 Å². The number of rotatable bonds is 5. The van der Waals surface area contributed by atoms with Gasteiger partial charge in [0.25, 0.3) is 5.92 Å². The van der Waals surface area contributed by atoms with Crippen LogP contribution in [0.25, 0.3) is 0 Å². The molecule has 27 heavy (non-hydrogen) atoms. The Morgan fingerprint density at radius 2 is 2.11 bits per heavy atom. The van der Waals surface area contributed by atoms with Crippen molar-refractivity contribution in [1.82, 2.24) is 14.9 Å². The number of piperidine rings is 1. The van der Waals surface area contributed by atoms with E-state index in [9.17, 15) is 13.6 Å². The number of aromatic nitrogens is 2. The number of benzene rings is 1. The van der Waals surface area contributed by atoms with Crippen LogP contribution < -0.4 is 5.32 Å². The number of nitrogens with one attached hydrogen (secondary N) is 1. The number of carbonyl (C=O) groups excluding carboxylic acids is 1. The predicted octanol–water partition coefficient (Wildman–Crippen LogP) is 3.49. The molecule has 1 atom stereocenters. The first-order chi connectivity index (χ1) is 12.9. The number of hydrogen-bond donors (Lipinski definition) is 1. The fourth-order valence-corrected chi connectivity index (χ4v) is 2.94. The minimum Gasteiger partial charge on any atom is -0.445 e. The summed E-state index contributed by atoms with van der Waals surface area (Å²) in [5.74, 6) is -3.38. The van der Waals surface area contributed by atoms with Gasteiger partial charge in [0.1, 0.15) is 18.8 Å². The average molecular weight is 376 g/mol. The molecule has 0 aliphatic carbocycles. The normalized spacial score (nSPS) is 18.8. The van der Waals surface area contributed by atoms with Crippen molar-refractivity contribution >= 4 is 11.9 Å². The fourth-order valence-electron chi connectivity index (χ4n) is 2.94. The summed E-state index contributed by atoms with van der Waals surface area (Å²) in [5, 5.41) is 2.90. The Morgan fingerprint density at radius 3 is 2.78 bits per heavy atom. The lowest BCUT2D eigenvalue weighted by molar-refractivity contribution is -0.101. The van der Waals surface area contributed by atoms with Gasteiger partial charge in [0.2, 0.25) is 0 Å². The van der Waals surface area contributed by atoms with Gasteiger partial charge in [-0.1, -0.05) is 29.8 Å². The van der Waals surface area contributed by atoms with Crippen molar-refractivity contribution in [2.75, 3.05) is 25.0 Å². The highest BCUT2D eigenvalue weighted by molar-refractivity contribution is 5.68. The third kappa shape index (κ3) is 5.12. The van der Waals surface area contributed by atoms with Crippen LogP contribution in [0.5, 0.6) is 0 Å². The number of amides is 1. The molecule has 6 nitrogen and oxygen atoms in total. The van der Waals surface area contributed by atoms with Gasteiger partial charge in [0.15, 0.2) is 0 Å². The second-order valence-electron chi connectivity index (χ2n) is 6.68. The molecule has 1 aliphatic heterocycles. The highest BCUT2D eigenvalue weighted by Crippen LogP contribution is 2.33. The molecule has 0 bridgehead atoms. The van der Waals surface area contributed by atoms with E-state index in [0.29, 0.717) is 5.82 Å². The maximum Gasteiger partial charge on any atom is 0.410 e. The van der Waals surface area contributed by atoms with Crippen LogP contribution >= 0.6 is 0 Å². The van der Waals surface area contributed by atoms with E-state index in [1.54, 1.807) is 12.3 Å². The first-order valence-electron chi connectivity index (χ1n) is 8.79. The summed E-state index contributed by atoms with van der Waals surface area (Å²) in [6, 6.07) is 9.14. The summed E-state index contributed by atoms with van der Waals surface area (Å²) >= 11 is 0. The fraction of sp³-hybridized carbons (Fsp3) is 0.421. The van der Waals surface area contributed by atoms with Gasteiger partial charge in [-0.05, 0) is 25.0 Å². The van der Waals surface area contributed by atoms with Gasteiger partial charge in [-0.2, -0.15) is 0 Å². The largest absolute Gasteiger partial charge is 0.445 e. The number of aryl methyl sites for hydroxylation is 1. The van der Waals surface area contributed by atoms with Crippen LogP contribution in [-0.4, -0.2) is 46.5 Å². The van der Waals surface area contributed by atoms with Gasteiger partial charge in [0.05, 0.1) is 6.54 Å². The second kappa shape index (κ2) is 8.28. The zero-order valence-corrected chi connectivity index (χ0v) is 15.1. The number of alkyl halides is 2. The van der Waals surface area contributed by atoms with E-state index in [4.69, 9.17) is 4.74 Å². The Balaban J connectivity index is 1.49. The molecular formula is C19H22F2N4O2. The third-order valence-corrected chi connectivity index (χ3v) is 4.60. The van der Waals surface area contributed by atoms with E-state index < -0.39 is 24.5 Å². The quantitative estimate of drug-likeness (QED) is 0.865. The number of hydrogen-bond acceptors (Lipinski definition) is 5. The predicted molar refractivity (Wildman–Crippen MR) is 96.5 cm³/mol. The number of carbonyl (C=O) groups is 1. The molecule has 0 spiro atoms. The van der Waals surface area contributed by atoms with E-state index in [1.807, 2.05) is 31.2 Å². The summed E-state index contributed by atoms with van der Waals surface area (Å²) < 4.78 is 34.1. The highest BCUT2D eigenvalue weighted by atomic mass is 19.3. The molecule has 0 saturated carbocycles. The lowest BCUT2D eigenvalue weighted by Gasteiger charge is -2.37. The summed E-state index contributed by atoms with van der Waals surface area (Å²) in [7, 11) is 0. The summed E-state index contributed by atoms with van der Waals surface area (Å²) in [4.78, 5) is 21.0. The molecule has 144 valence electrons. The molecule has 8 heteroatoms. The summed E-state index contributed by atoms with van der Waals surface area (Å²) in [5.41, 5.74) is 1.92. The molecule has 1 aromatic heterocycles. The van der Waals surface area contributed by atoms with Crippen molar-refractivity contribution in [3.8, 4) is 0 Å². The molecule has 1 amide bonds. The van der Waals surface area contributed by atoms with Crippen LogP contribution in [0, 0.1) is 12.8 Å². The van der Waals surface area contributed by atoms with Crippen molar-refractivity contribution in [2.24, 2.45) is 5.92 Å². The minimum atomic E-state index is -3.00. The molecule has 2 aromatic rings. The van der Waals surface area contributed by atoms with Gasteiger partial charge in [-0.25, -0.2) is 23.5 Å². The SMILES string of the molecule is Cc1ccc(COC(=O)N2CC[C@@H](CNc3ccncn3)C(F)(F)C2)cc1. The Bertz CT molecular complexity index is 756. The van der Waals surface area contributed by atoms with Gasteiger partial charge in [-0.15, -0.1) is 0 Å². The second-order valence-corrected chi connectivity index (χ2v) is 6.68. The Labute approximate surface area is 156 Å². The van der Waals surface area contributed by atoms with Gasteiger partial charge in [0, 0.05) is 25.2 Å². The van der Waals surface area contributed by atoms with Crippen molar-refractivity contribution in [1.29, 1.82) is 0 Å². The van der Waals surface area contributed by atoms with Crippen LogP contribution in [0.2, 0.25) is 0 Å². The first kappa shape index (κ1) is 19.0. The number of likely N-dealkylation sites (tertiary alicyclic amines) is 1. The smallest absolute Gasteiger partial charge is 0.410 e. The lowest BCUT2D eigenvalue weighted by atomic mass is 9.93. The molecule has 0 radical (unpaired) electrons. The van der Waals surface area contributed by atoms with Crippen LogP contribution in [0.15, 0.2) is 42.9 Å². The molecule has 1 N–H and O–H groups in total. The van der Waals surface area contributed by atoms with Gasteiger partial charge < -0.3 is 15.0 Å². The number of nitrogens with zero attached hydrogens (tertiary/aromatic N) is 3. The van der Waals surface area contributed by atoms with E-state index in [1.165, 1.54) is 6.33 Å². The Hall–Kier alpha value is -2.77. The standard InChI is InChI=1S/C19H22F2N4O2/c1-14-2-4-15(5-3-14)11-27-18(26)25-9-7-16(19(20,21)12-25)10-23-17-6-8-22-13-24-17/h2-6,8,13,16H,7,9-12H2,1H3,(H,22,23,24)/t16-/m0/s1. The lowest BCUT2D eigenvalue weighted by Crippen LogP contribution is -2.52. The topological polar surface area (TPSA) is 67.3 Å². The zero-order chi connectivity index (χ0) is 19.3. The van der Waals surface area contributed by atoms with E-state index in [0.717, 1.165) is 16.0 Å². The minimum absolute atomic E-state index is 0.0693. The molecule has 1 fully saturated rings. The first-order valence-corrected chi connectivity index (χ1v) is 8.79. The van der Waals surface area contributed by atoms with Crippen molar-refractivity contribution < 1.29 is 18.3 Å². The summed E-state index contributed by atoms with van der Waals surface area (Å²) in [6.45, 7) is 1.70. The van der Waals surface area contributed by atoms with E-state index in [2.05, 4.69) is 15.3 Å². The Kier molecular flexibility index (Phi) is 5.83. The molecule has 1 saturated heterocycles. The highest BCUT2D eigenvalue weighted by Gasteiger charge is 2.46. The van der Waals surface area contributed by atoms with Crippen LogP contribution in [0.3, 0.4) is 0 Å².